The zero-order chi connectivity index (χ0) is 20.4. The van der Waals surface area contributed by atoms with E-state index in [1.165, 1.54) is 24.0 Å². The van der Waals surface area contributed by atoms with E-state index in [2.05, 4.69) is 58.6 Å². The largest absolute Gasteiger partial charge is 0.369 e. The fourth-order valence-corrected chi connectivity index (χ4v) is 3.75. The lowest BCUT2D eigenvalue weighted by Crippen LogP contribution is -2.40. The molecule has 0 aromatic heterocycles. The Morgan fingerprint density at radius 1 is 1.28 bits per heavy atom. The summed E-state index contributed by atoms with van der Waals surface area (Å²) in [5, 5.41) is 6.83. The molecule has 1 heterocycles. The van der Waals surface area contributed by atoms with Crippen LogP contribution >= 0.6 is 24.0 Å². The van der Waals surface area contributed by atoms with Crippen LogP contribution in [0.1, 0.15) is 50.7 Å². The maximum absolute atomic E-state index is 11.5. The van der Waals surface area contributed by atoms with Crippen molar-refractivity contribution in [3.05, 3.63) is 35.4 Å². The van der Waals surface area contributed by atoms with Gasteiger partial charge in [0.25, 0.3) is 0 Å². The van der Waals surface area contributed by atoms with Gasteiger partial charge in [-0.3, -0.25) is 14.7 Å². The van der Waals surface area contributed by atoms with Gasteiger partial charge in [-0.2, -0.15) is 0 Å². The first-order valence-electron chi connectivity index (χ1n) is 10.6. The Morgan fingerprint density at radius 2 is 2.00 bits per heavy atom. The lowest BCUT2D eigenvalue weighted by atomic mass is 9.97. The number of primary amides is 1. The summed E-state index contributed by atoms with van der Waals surface area (Å²) in [6, 6.07) is 8.61. The molecule has 29 heavy (non-hydrogen) atoms. The summed E-state index contributed by atoms with van der Waals surface area (Å²) in [4.78, 5) is 18.1. The van der Waals surface area contributed by atoms with E-state index in [1.54, 1.807) is 0 Å². The summed E-state index contributed by atoms with van der Waals surface area (Å²) in [5.41, 5.74) is 7.99. The molecule has 1 aliphatic heterocycles. The lowest BCUT2D eigenvalue weighted by Gasteiger charge is -2.31. The maximum Gasteiger partial charge on any atom is 0.221 e. The van der Waals surface area contributed by atoms with Crippen LogP contribution in [-0.2, 0) is 17.9 Å². The van der Waals surface area contributed by atoms with Crippen LogP contribution in [0.15, 0.2) is 29.3 Å². The molecular formula is C22H38IN5O. The molecule has 1 aromatic rings. The molecule has 0 radical (unpaired) electrons. The van der Waals surface area contributed by atoms with Gasteiger partial charge < -0.3 is 16.4 Å². The number of carbonyl (C=O) groups excluding carboxylic acids is 1. The molecule has 1 aliphatic rings. The molecule has 0 spiro atoms. The number of nitrogens with zero attached hydrogens (tertiary/aromatic N) is 2. The number of hydrogen-bond acceptors (Lipinski definition) is 3. The van der Waals surface area contributed by atoms with Gasteiger partial charge in [0.15, 0.2) is 5.96 Å². The minimum atomic E-state index is -0.171. The van der Waals surface area contributed by atoms with Crippen molar-refractivity contribution < 1.29 is 4.79 Å². The Morgan fingerprint density at radius 3 is 2.66 bits per heavy atom. The van der Waals surface area contributed by atoms with Crippen molar-refractivity contribution >= 4 is 35.8 Å². The molecule has 6 nitrogen and oxygen atoms in total. The van der Waals surface area contributed by atoms with Gasteiger partial charge in [-0.05, 0) is 36.4 Å². The standard InChI is InChI=1S/C22H37N5O.HI/c1-4-17(5-2)13-25-22(24-3)26-14-18-8-6-9-19(12-18)15-27-11-7-10-20(16-27)21(23)28;/h6,8-9,12,17,20H,4-5,7,10-11,13-16H2,1-3H3,(H2,23,28)(H2,24,25,26);1H. The monoisotopic (exact) mass is 515 g/mol. The first-order chi connectivity index (χ1) is 13.5. The summed E-state index contributed by atoms with van der Waals surface area (Å²) in [7, 11) is 1.81. The first-order valence-corrected chi connectivity index (χ1v) is 10.6. The highest BCUT2D eigenvalue weighted by molar-refractivity contribution is 14.0. The average molecular weight is 515 g/mol. The molecule has 2 rings (SSSR count). The molecule has 0 aliphatic carbocycles. The van der Waals surface area contributed by atoms with E-state index in [-0.39, 0.29) is 35.8 Å². The molecule has 4 N–H and O–H groups in total. The molecule has 1 amide bonds. The zero-order valence-electron chi connectivity index (χ0n) is 18.1. The Bertz CT molecular complexity index is 648. The highest BCUT2D eigenvalue weighted by Gasteiger charge is 2.23. The van der Waals surface area contributed by atoms with E-state index < -0.39 is 0 Å². The van der Waals surface area contributed by atoms with Crippen LogP contribution in [0, 0.1) is 11.8 Å². The molecule has 0 bridgehead atoms. The third kappa shape index (κ3) is 8.90. The van der Waals surface area contributed by atoms with E-state index in [4.69, 9.17) is 5.73 Å². The molecule has 1 saturated heterocycles. The van der Waals surface area contributed by atoms with Crippen molar-refractivity contribution in [3.8, 4) is 0 Å². The van der Waals surface area contributed by atoms with Crippen molar-refractivity contribution in [2.24, 2.45) is 22.6 Å². The van der Waals surface area contributed by atoms with Crippen LogP contribution in [0.5, 0.6) is 0 Å². The zero-order valence-corrected chi connectivity index (χ0v) is 20.4. The van der Waals surface area contributed by atoms with Gasteiger partial charge in [-0.1, -0.05) is 51.0 Å². The third-order valence-corrected chi connectivity index (χ3v) is 5.70. The third-order valence-electron chi connectivity index (χ3n) is 5.70. The number of guanidine groups is 1. The molecule has 0 saturated carbocycles. The Labute approximate surface area is 193 Å². The fraction of sp³-hybridized carbons (Fsp3) is 0.636. The fourth-order valence-electron chi connectivity index (χ4n) is 3.75. The normalized spacial score (nSPS) is 17.7. The summed E-state index contributed by atoms with van der Waals surface area (Å²) in [6.07, 6.45) is 4.30. The number of amides is 1. The van der Waals surface area contributed by atoms with Crippen molar-refractivity contribution in [2.45, 2.75) is 52.6 Å². The van der Waals surface area contributed by atoms with Crippen LogP contribution in [0.25, 0.3) is 0 Å². The van der Waals surface area contributed by atoms with Gasteiger partial charge in [0.1, 0.15) is 0 Å². The van der Waals surface area contributed by atoms with E-state index >= 15 is 0 Å². The number of benzene rings is 1. The summed E-state index contributed by atoms with van der Waals surface area (Å²) in [6.45, 7) is 8.79. The van der Waals surface area contributed by atoms with Crippen molar-refractivity contribution in [2.75, 3.05) is 26.7 Å². The van der Waals surface area contributed by atoms with Crippen molar-refractivity contribution in [3.63, 3.8) is 0 Å². The van der Waals surface area contributed by atoms with E-state index in [0.717, 1.165) is 51.5 Å². The number of halogens is 1. The van der Waals surface area contributed by atoms with Gasteiger partial charge in [-0.25, -0.2) is 0 Å². The minimum absolute atomic E-state index is 0. The Hall–Kier alpha value is -1.35. The number of aliphatic imine (C=N–C) groups is 1. The molecule has 1 fully saturated rings. The summed E-state index contributed by atoms with van der Waals surface area (Å²) >= 11 is 0. The van der Waals surface area contributed by atoms with Crippen molar-refractivity contribution in [1.29, 1.82) is 0 Å². The number of carbonyl (C=O) groups is 1. The van der Waals surface area contributed by atoms with Crippen LogP contribution < -0.4 is 16.4 Å². The number of likely N-dealkylation sites (tertiary alicyclic amines) is 1. The first kappa shape index (κ1) is 25.7. The molecular weight excluding hydrogens is 477 g/mol. The van der Waals surface area contributed by atoms with Gasteiger partial charge >= 0.3 is 0 Å². The second-order valence-corrected chi connectivity index (χ2v) is 7.79. The highest BCUT2D eigenvalue weighted by Crippen LogP contribution is 2.18. The topological polar surface area (TPSA) is 82.8 Å². The number of piperidine rings is 1. The van der Waals surface area contributed by atoms with Gasteiger partial charge in [-0.15, -0.1) is 24.0 Å². The SMILES string of the molecule is CCC(CC)CNC(=NC)NCc1cccc(CN2CCCC(C(N)=O)C2)c1.I. The van der Waals surface area contributed by atoms with E-state index in [1.807, 2.05) is 7.05 Å². The number of rotatable bonds is 9. The molecule has 1 aromatic carbocycles. The number of hydrogen-bond donors (Lipinski definition) is 3. The van der Waals surface area contributed by atoms with Crippen LogP contribution in [0.2, 0.25) is 0 Å². The predicted molar refractivity (Wildman–Crippen MR) is 131 cm³/mol. The molecule has 1 atom stereocenters. The number of nitrogens with two attached hydrogens (primary N) is 1. The van der Waals surface area contributed by atoms with Gasteiger partial charge in [0.2, 0.25) is 5.91 Å². The van der Waals surface area contributed by atoms with Crippen LogP contribution in [0.3, 0.4) is 0 Å². The van der Waals surface area contributed by atoms with E-state index in [0.29, 0.717) is 5.92 Å². The predicted octanol–water partition coefficient (Wildman–Crippen LogP) is 3.10. The van der Waals surface area contributed by atoms with Crippen LogP contribution in [0.4, 0.5) is 0 Å². The highest BCUT2D eigenvalue weighted by atomic mass is 127. The van der Waals surface area contributed by atoms with Crippen LogP contribution in [-0.4, -0.2) is 43.4 Å². The average Bonchev–Trinajstić information content (AvgIpc) is 2.71. The van der Waals surface area contributed by atoms with Crippen molar-refractivity contribution in [1.82, 2.24) is 15.5 Å². The quantitative estimate of drug-likeness (QED) is 0.268. The Balaban J connectivity index is 0.00000420. The van der Waals surface area contributed by atoms with Gasteiger partial charge in [0, 0.05) is 33.2 Å². The second-order valence-electron chi connectivity index (χ2n) is 7.79. The smallest absolute Gasteiger partial charge is 0.221 e. The molecule has 164 valence electrons. The molecule has 7 heteroatoms. The van der Waals surface area contributed by atoms with Gasteiger partial charge in [0.05, 0.1) is 5.92 Å². The maximum atomic E-state index is 11.5. The minimum Gasteiger partial charge on any atom is -0.369 e. The number of nitrogens with one attached hydrogen (secondary N) is 2. The summed E-state index contributed by atoms with van der Waals surface area (Å²) < 4.78 is 0. The molecule has 1 unspecified atom stereocenters. The van der Waals surface area contributed by atoms with E-state index in [9.17, 15) is 4.79 Å². The Kier molecular flexibility index (Phi) is 12.2. The summed E-state index contributed by atoms with van der Waals surface area (Å²) in [5.74, 6) is 1.34. The second kappa shape index (κ2) is 13.8. The lowest BCUT2D eigenvalue weighted by molar-refractivity contribution is -0.123.